The molecule has 1 nitrogen and oxygen atoms in total. The number of nitrogens with zero attached hydrogens (tertiary/aromatic N) is 1. The molecule has 1 saturated heterocycles. The van der Waals surface area contributed by atoms with Crippen molar-refractivity contribution in [2.24, 2.45) is 5.41 Å². The predicted molar refractivity (Wildman–Crippen MR) is 45.5 cm³/mol. The van der Waals surface area contributed by atoms with Crippen LogP contribution in [0, 0.1) is 5.41 Å². The largest absolute Gasteiger partial charge is 0.297 e. The van der Waals surface area contributed by atoms with Crippen molar-refractivity contribution in [3.8, 4) is 0 Å². The molecule has 72 valence electrons. The molecule has 0 atom stereocenters. The number of hydrogen-bond acceptors (Lipinski definition) is 1. The molecule has 3 heteroatoms. The summed E-state index contributed by atoms with van der Waals surface area (Å²) in [6.45, 7) is 5.89. The summed E-state index contributed by atoms with van der Waals surface area (Å²) < 4.78 is 24.1. The van der Waals surface area contributed by atoms with Crippen LogP contribution in [0.3, 0.4) is 0 Å². The molecule has 1 heterocycles. The summed E-state index contributed by atoms with van der Waals surface area (Å²) in [6, 6.07) is 0. The van der Waals surface area contributed by atoms with E-state index in [4.69, 9.17) is 0 Å². The summed E-state index contributed by atoms with van der Waals surface area (Å²) in [6.07, 6.45) is 0.0332. The third-order valence-electron chi connectivity index (χ3n) is 2.38. The van der Waals surface area contributed by atoms with E-state index in [1.54, 1.807) is 0 Å². The second-order valence-corrected chi connectivity index (χ2v) is 4.39. The smallest absolute Gasteiger partial charge is 0.251 e. The Morgan fingerprint density at radius 1 is 1.42 bits per heavy atom. The molecule has 0 spiro atoms. The summed E-state index contributed by atoms with van der Waals surface area (Å²) in [5.74, 6) is 0. The van der Waals surface area contributed by atoms with Crippen LogP contribution in [0.1, 0.15) is 26.7 Å². The zero-order chi connectivity index (χ0) is 9.19. The van der Waals surface area contributed by atoms with Gasteiger partial charge in [-0.2, -0.15) is 0 Å². The Morgan fingerprint density at radius 3 is 2.58 bits per heavy atom. The number of halogens is 2. The van der Waals surface area contributed by atoms with E-state index in [-0.39, 0.29) is 12.0 Å². The van der Waals surface area contributed by atoms with Gasteiger partial charge in [0.25, 0.3) is 6.43 Å². The third-order valence-corrected chi connectivity index (χ3v) is 2.38. The lowest BCUT2D eigenvalue weighted by Crippen LogP contribution is -2.42. The standard InChI is InChI=1S/C9H17F2N/c1-9(2)4-3-5-12(7-9)6-8(10)11/h8H,3-7H2,1-2H3. The Balaban J connectivity index is 2.36. The van der Waals surface area contributed by atoms with E-state index >= 15 is 0 Å². The molecule has 1 fully saturated rings. The van der Waals surface area contributed by atoms with Crippen LogP contribution < -0.4 is 0 Å². The minimum atomic E-state index is -2.18. The third kappa shape index (κ3) is 3.05. The van der Waals surface area contributed by atoms with E-state index in [1.807, 2.05) is 4.90 Å². The Hall–Kier alpha value is -0.180. The minimum Gasteiger partial charge on any atom is -0.297 e. The monoisotopic (exact) mass is 177 g/mol. The second-order valence-electron chi connectivity index (χ2n) is 4.39. The van der Waals surface area contributed by atoms with Crippen molar-refractivity contribution in [1.29, 1.82) is 0 Å². The lowest BCUT2D eigenvalue weighted by atomic mass is 9.84. The highest BCUT2D eigenvalue weighted by atomic mass is 19.3. The molecule has 0 amide bonds. The molecule has 0 radical (unpaired) electrons. The average Bonchev–Trinajstić information content (AvgIpc) is 1.82. The molecular weight excluding hydrogens is 160 g/mol. The zero-order valence-corrected chi connectivity index (χ0v) is 7.82. The van der Waals surface area contributed by atoms with Crippen molar-refractivity contribution in [3.63, 3.8) is 0 Å². The van der Waals surface area contributed by atoms with Gasteiger partial charge in [-0.3, -0.25) is 4.90 Å². The van der Waals surface area contributed by atoms with E-state index < -0.39 is 6.43 Å². The molecule has 0 aromatic heterocycles. The van der Waals surface area contributed by atoms with Crippen LogP contribution in [0.2, 0.25) is 0 Å². The van der Waals surface area contributed by atoms with Crippen molar-refractivity contribution in [3.05, 3.63) is 0 Å². The van der Waals surface area contributed by atoms with Crippen LogP contribution in [0.4, 0.5) is 8.78 Å². The summed E-state index contributed by atoms with van der Waals surface area (Å²) >= 11 is 0. The fourth-order valence-corrected chi connectivity index (χ4v) is 1.90. The van der Waals surface area contributed by atoms with Crippen molar-refractivity contribution in [2.75, 3.05) is 19.6 Å². The van der Waals surface area contributed by atoms with Crippen LogP contribution in [-0.2, 0) is 0 Å². The SMILES string of the molecule is CC1(C)CCCN(CC(F)F)C1. The molecule has 0 bridgehead atoms. The average molecular weight is 177 g/mol. The van der Waals surface area contributed by atoms with Crippen molar-refractivity contribution < 1.29 is 8.78 Å². The Morgan fingerprint density at radius 2 is 2.08 bits per heavy atom. The summed E-state index contributed by atoms with van der Waals surface area (Å²) in [4.78, 5) is 1.87. The van der Waals surface area contributed by atoms with Gasteiger partial charge in [-0.05, 0) is 24.8 Å². The first kappa shape index (κ1) is 9.90. The van der Waals surface area contributed by atoms with Gasteiger partial charge in [0.2, 0.25) is 0 Å². The van der Waals surface area contributed by atoms with Crippen molar-refractivity contribution >= 4 is 0 Å². The van der Waals surface area contributed by atoms with Gasteiger partial charge >= 0.3 is 0 Å². The number of piperidine rings is 1. The first-order valence-electron chi connectivity index (χ1n) is 4.50. The molecule has 1 rings (SSSR count). The van der Waals surface area contributed by atoms with Gasteiger partial charge in [0.15, 0.2) is 0 Å². The van der Waals surface area contributed by atoms with Crippen molar-refractivity contribution in [1.82, 2.24) is 4.90 Å². The first-order chi connectivity index (χ1) is 5.49. The fraction of sp³-hybridized carbons (Fsp3) is 1.00. The van der Waals surface area contributed by atoms with Crippen LogP contribution >= 0.6 is 0 Å². The van der Waals surface area contributed by atoms with E-state index in [2.05, 4.69) is 13.8 Å². The molecule has 0 saturated carbocycles. The molecule has 0 aliphatic carbocycles. The van der Waals surface area contributed by atoms with E-state index in [1.165, 1.54) is 0 Å². The molecule has 1 aliphatic rings. The minimum absolute atomic E-state index is 0.0522. The van der Waals surface area contributed by atoms with Gasteiger partial charge < -0.3 is 0 Å². The Kier molecular flexibility index (Phi) is 3.04. The molecule has 12 heavy (non-hydrogen) atoms. The number of hydrogen-bond donors (Lipinski definition) is 0. The lowest BCUT2D eigenvalue weighted by Gasteiger charge is -2.37. The fourth-order valence-electron chi connectivity index (χ4n) is 1.90. The van der Waals surface area contributed by atoms with Crippen LogP contribution in [0.25, 0.3) is 0 Å². The summed E-state index contributed by atoms with van der Waals surface area (Å²) in [5, 5.41) is 0. The maximum atomic E-state index is 12.0. The highest BCUT2D eigenvalue weighted by molar-refractivity contribution is 4.79. The Labute approximate surface area is 72.7 Å². The lowest BCUT2D eigenvalue weighted by molar-refractivity contribution is 0.0447. The van der Waals surface area contributed by atoms with E-state index in [0.717, 1.165) is 25.9 Å². The maximum Gasteiger partial charge on any atom is 0.251 e. The second kappa shape index (κ2) is 3.69. The number of alkyl halides is 2. The first-order valence-corrected chi connectivity index (χ1v) is 4.50. The van der Waals surface area contributed by atoms with Gasteiger partial charge in [0.1, 0.15) is 0 Å². The van der Waals surface area contributed by atoms with Crippen LogP contribution in [0.15, 0.2) is 0 Å². The molecule has 0 aromatic rings. The quantitative estimate of drug-likeness (QED) is 0.626. The number of likely N-dealkylation sites (tertiary alicyclic amines) is 1. The highest BCUT2D eigenvalue weighted by Gasteiger charge is 2.27. The molecule has 0 N–H and O–H groups in total. The van der Waals surface area contributed by atoms with E-state index in [9.17, 15) is 8.78 Å². The predicted octanol–water partition coefficient (Wildman–Crippen LogP) is 2.37. The zero-order valence-electron chi connectivity index (χ0n) is 7.82. The molecule has 0 aromatic carbocycles. The molecular formula is C9H17F2N. The van der Waals surface area contributed by atoms with Gasteiger partial charge in [0.05, 0.1) is 6.54 Å². The van der Waals surface area contributed by atoms with Gasteiger partial charge in [-0.15, -0.1) is 0 Å². The van der Waals surface area contributed by atoms with Crippen molar-refractivity contribution in [2.45, 2.75) is 33.1 Å². The summed E-state index contributed by atoms with van der Waals surface area (Å²) in [7, 11) is 0. The van der Waals surface area contributed by atoms with Gasteiger partial charge in [-0.25, -0.2) is 8.78 Å². The summed E-state index contributed by atoms with van der Waals surface area (Å²) in [5.41, 5.74) is 0.229. The maximum absolute atomic E-state index is 12.0. The highest BCUT2D eigenvalue weighted by Crippen LogP contribution is 2.28. The topological polar surface area (TPSA) is 3.24 Å². The van der Waals surface area contributed by atoms with Crippen LogP contribution in [-0.4, -0.2) is 31.0 Å². The Bertz CT molecular complexity index is 145. The molecule has 0 unspecified atom stereocenters. The normalized spacial score (nSPS) is 24.8. The molecule has 1 aliphatic heterocycles. The number of rotatable bonds is 2. The van der Waals surface area contributed by atoms with Crippen LogP contribution in [0.5, 0.6) is 0 Å². The van der Waals surface area contributed by atoms with Gasteiger partial charge in [0, 0.05) is 6.54 Å². The van der Waals surface area contributed by atoms with E-state index in [0.29, 0.717) is 0 Å². The van der Waals surface area contributed by atoms with Gasteiger partial charge in [-0.1, -0.05) is 13.8 Å².